The van der Waals surface area contributed by atoms with Crippen LogP contribution in [0.4, 0.5) is 0 Å². The van der Waals surface area contributed by atoms with Crippen molar-refractivity contribution in [3.8, 4) is 0 Å². The summed E-state index contributed by atoms with van der Waals surface area (Å²) < 4.78 is 11.2. The van der Waals surface area contributed by atoms with Crippen LogP contribution in [0.1, 0.15) is 18.4 Å². The van der Waals surface area contributed by atoms with Crippen molar-refractivity contribution in [1.82, 2.24) is 5.32 Å². The molecule has 5 heteroatoms. The number of rotatable bonds is 3. The lowest BCUT2D eigenvalue weighted by Crippen LogP contribution is -2.35. The third-order valence-electron chi connectivity index (χ3n) is 3.00. The highest BCUT2D eigenvalue weighted by Crippen LogP contribution is 2.25. The standard InChI is InChI=1S/C12H15Cl2NOS/c13-11-3-1-2-9(12(11)14)8-15-10-4-6-17(16)7-5-10/h1-3,10,15H,4-8H2. The molecule has 0 amide bonds. The first kappa shape index (κ1) is 13.3. The Morgan fingerprint density at radius 3 is 2.71 bits per heavy atom. The van der Waals surface area contributed by atoms with Crippen LogP contribution in [-0.2, 0) is 17.3 Å². The molecule has 0 saturated carbocycles. The molecule has 1 aromatic rings. The van der Waals surface area contributed by atoms with Crippen LogP contribution in [0.3, 0.4) is 0 Å². The molecule has 1 aliphatic heterocycles. The van der Waals surface area contributed by atoms with E-state index in [2.05, 4.69) is 5.32 Å². The normalized spacial score (nSPS) is 24.8. The van der Waals surface area contributed by atoms with Crippen LogP contribution in [0, 0.1) is 0 Å². The van der Waals surface area contributed by atoms with E-state index in [1.54, 1.807) is 6.07 Å². The van der Waals surface area contributed by atoms with Gasteiger partial charge in [0.1, 0.15) is 0 Å². The van der Waals surface area contributed by atoms with Gasteiger partial charge < -0.3 is 5.32 Å². The molecule has 0 aromatic heterocycles. The monoisotopic (exact) mass is 291 g/mol. The van der Waals surface area contributed by atoms with Crippen LogP contribution in [0.25, 0.3) is 0 Å². The van der Waals surface area contributed by atoms with Gasteiger partial charge in [0.15, 0.2) is 0 Å². The molecule has 1 saturated heterocycles. The van der Waals surface area contributed by atoms with Gasteiger partial charge in [-0.2, -0.15) is 0 Å². The van der Waals surface area contributed by atoms with Gasteiger partial charge in [0.05, 0.1) is 10.0 Å². The van der Waals surface area contributed by atoms with E-state index >= 15 is 0 Å². The number of benzene rings is 1. The van der Waals surface area contributed by atoms with Gasteiger partial charge in [-0.15, -0.1) is 0 Å². The summed E-state index contributed by atoms with van der Waals surface area (Å²) in [6, 6.07) is 6.11. The molecule has 1 fully saturated rings. The van der Waals surface area contributed by atoms with Crippen LogP contribution >= 0.6 is 23.2 Å². The lowest BCUT2D eigenvalue weighted by atomic mass is 10.1. The Labute approximate surface area is 114 Å². The lowest BCUT2D eigenvalue weighted by molar-refractivity contribution is 0.475. The van der Waals surface area contributed by atoms with Crippen molar-refractivity contribution >= 4 is 34.0 Å². The molecule has 0 aliphatic carbocycles. The van der Waals surface area contributed by atoms with Gasteiger partial charge in [0, 0.05) is 34.9 Å². The van der Waals surface area contributed by atoms with E-state index in [4.69, 9.17) is 23.2 Å². The minimum Gasteiger partial charge on any atom is -0.310 e. The molecule has 94 valence electrons. The van der Waals surface area contributed by atoms with Crippen molar-refractivity contribution in [2.75, 3.05) is 11.5 Å². The van der Waals surface area contributed by atoms with Crippen molar-refractivity contribution < 1.29 is 4.21 Å². The second-order valence-electron chi connectivity index (χ2n) is 4.22. The Kier molecular flexibility index (Phi) is 4.86. The summed E-state index contributed by atoms with van der Waals surface area (Å²) in [7, 11) is -0.604. The predicted octanol–water partition coefficient (Wildman–Crippen LogP) is 2.99. The summed E-state index contributed by atoms with van der Waals surface area (Å²) in [4.78, 5) is 0. The minimum absolute atomic E-state index is 0.447. The zero-order chi connectivity index (χ0) is 12.3. The van der Waals surface area contributed by atoms with Crippen LogP contribution in [-0.4, -0.2) is 21.8 Å². The largest absolute Gasteiger partial charge is 0.310 e. The Bertz CT molecular complexity index is 415. The van der Waals surface area contributed by atoms with E-state index in [1.165, 1.54) is 0 Å². The average molecular weight is 292 g/mol. The van der Waals surface area contributed by atoms with E-state index in [0.717, 1.165) is 36.5 Å². The van der Waals surface area contributed by atoms with Gasteiger partial charge in [-0.05, 0) is 24.5 Å². The fourth-order valence-corrected chi connectivity index (χ4v) is 3.62. The van der Waals surface area contributed by atoms with Crippen molar-refractivity contribution in [3.63, 3.8) is 0 Å². The van der Waals surface area contributed by atoms with Crippen molar-refractivity contribution in [2.24, 2.45) is 0 Å². The third-order valence-corrected chi connectivity index (χ3v) is 5.24. The quantitative estimate of drug-likeness (QED) is 0.928. The molecule has 1 aromatic carbocycles. The van der Waals surface area contributed by atoms with Crippen LogP contribution < -0.4 is 5.32 Å². The summed E-state index contributed by atoms with van der Waals surface area (Å²) in [5.74, 6) is 1.61. The highest BCUT2D eigenvalue weighted by Gasteiger charge is 2.17. The molecule has 2 nitrogen and oxygen atoms in total. The average Bonchev–Trinajstić information content (AvgIpc) is 2.33. The fourth-order valence-electron chi connectivity index (χ4n) is 1.94. The maximum absolute atomic E-state index is 11.2. The second-order valence-corrected chi connectivity index (χ2v) is 6.70. The molecule has 0 bridgehead atoms. The van der Waals surface area contributed by atoms with Gasteiger partial charge >= 0.3 is 0 Å². The minimum atomic E-state index is -0.604. The first-order chi connectivity index (χ1) is 8.16. The van der Waals surface area contributed by atoms with Crippen LogP contribution in [0.2, 0.25) is 10.0 Å². The summed E-state index contributed by atoms with van der Waals surface area (Å²) in [5.41, 5.74) is 1.02. The molecule has 0 unspecified atom stereocenters. The molecule has 0 spiro atoms. The third kappa shape index (κ3) is 3.68. The molecule has 1 heterocycles. The Morgan fingerprint density at radius 2 is 2.00 bits per heavy atom. The molecular formula is C12H15Cl2NOS. The molecule has 1 aliphatic rings. The molecule has 2 rings (SSSR count). The zero-order valence-electron chi connectivity index (χ0n) is 9.42. The first-order valence-corrected chi connectivity index (χ1v) is 7.92. The maximum atomic E-state index is 11.2. The number of nitrogens with one attached hydrogen (secondary N) is 1. The predicted molar refractivity (Wildman–Crippen MR) is 74.2 cm³/mol. The topological polar surface area (TPSA) is 29.1 Å². The molecule has 0 atom stereocenters. The van der Waals surface area contributed by atoms with E-state index in [0.29, 0.717) is 16.1 Å². The maximum Gasteiger partial charge on any atom is 0.0637 e. The first-order valence-electron chi connectivity index (χ1n) is 5.68. The number of hydrogen-bond acceptors (Lipinski definition) is 2. The summed E-state index contributed by atoms with van der Waals surface area (Å²) in [6.07, 6.45) is 1.95. The molecule has 0 radical (unpaired) electrons. The van der Waals surface area contributed by atoms with Gasteiger partial charge in [0.25, 0.3) is 0 Å². The van der Waals surface area contributed by atoms with Crippen molar-refractivity contribution in [2.45, 2.75) is 25.4 Å². The SMILES string of the molecule is O=S1CCC(NCc2cccc(Cl)c2Cl)CC1. The smallest absolute Gasteiger partial charge is 0.0637 e. The Balaban J connectivity index is 1.89. The van der Waals surface area contributed by atoms with Gasteiger partial charge in [0.2, 0.25) is 0 Å². The highest BCUT2D eigenvalue weighted by atomic mass is 35.5. The Hall–Kier alpha value is -0.0900. The van der Waals surface area contributed by atoms with Crippen molar-refractivity contribution in [3.05, 3.63) is 33.8 Å². The Morgan fingerprint density at radius 1 is 1.29 bits per heavy atom. The van der Waals surface area contributed by atoms with Gasteiger partial charge in [-0.25, -0.2) is 0 Å². The van der Waals surface area contributed by atoms with E-state index in [1.807, 2.05) is 12.1 Å². The summed E-state index contributed by atoms with van der Waals surface area (Å²) in [6.45, 7) is 0.719. The van der Waals surface area contributed by atoms with E-state index in [-0.39, 0.29) is 0 Å². The van der Waals surface area contributed by atoms with Crippen molar-refractivity contribution in [1.29, 1.82) is 0 Å². The number of hydrogen-bond donors (Lipinski definition) is 1. The lowest BCUT2D eigenvalue weighted by Gasteiger charge is -2.22. The number of halogens is 2. The zero-order valence-corrected chi connectivity index (χ0v) is 11.7. The van der Waals surface area contributed by atoms with Crippen LogP contribution in [0.5, 0.6) is 0 Å². The van der Waals surface area contributed by atoms with Crippen LogP contribution in [0.15, 0.2) is 18.2 Å². The summed E-state index contributed by atoms with van der Waals surface area (Å²) >= 11 is 12.1. The molecule has 1 N–H and O–H groups in total. The second kappa shape index (κ2) is 6.19. The van der Waals surface area contributed by atoms with Gasteiger partial charge in [-0.3, -0.25) is 4.21 Å². The van der Waals surface area contributed by atoms with Gasteiger partial charge in [-0.1, -0.05) is 35.3 Å². The molecule has 17 heavy (non-hydrogen) atoms. The van der Waals surface area contributed by atoms with E-state index in [9.17, 15) is 4.21 Å². The fraction of sp³-hybridized carbons (Fsp3) is 0.500. The highest BCUT2D eigenvalue weighted by molar-refractivity contribution is 7.85. The summed E-state index contributed by atoms with van der Waals surface area (Å²) in [5, 5.41) is 4.67. The molecular weight excluding hydrogens is 277 g/mol. The van der Waals surface area contributed by atoms with E-state index < -0.39 is 10.8 Å².